The second-order valence-corrected chi connectivity index (χ2v) is 6.48. The van der Waals surface area contributed by atoms with Crippen LogP contribution in [0.1, 0.15) is 13.8 Å². The lowest BCUT2D eigenvalue weighted by Crippen LogP contribution is -2.45. The van der Waals surface area contributed by atoms with Gasteiger partial charge >= 0.3 is 0 Å². The quantitative estimate of drug-likeness (QED) is 0.865. The third-order valence-electron chi connectivity index (χ3n) is 3.20. The number of fused-ring (bicyclic) bond motifs is 1. The Bertz CT molecular complexity index is 664. The van der Waals surface area contributed by atoms with E-state index in [9.17, 15) is 13.5 Å². The number of aliphatic hydroxyl groups is 1. The van der Waals surface area contributed by atoms with Crippen LogP contribution >= 0.6 is 0 Å². The molecule has 5 nitrogen and oxygen atoms in total. The van der Waals surface area contributed by atoms with E-state index in [4.69, 9.17) is 4.74 Å². The fraction of sp³-hybridized carbons (Fsp3) is 0.333. The molecule has 0 saturated heterocycles. The van der Waals surface area contributed by atoms with E-state index < -0.39 is 16.1 Å². The summed E-state index contributed by atoms with van der Waals surface area (Å²) < 4.78 is 32.5. The Kier molecular flexibility index (Phi) is 4.69. The lowest BCUT2D eigenvalue weighted by molar-refractivity contribution is 0.116. The van der Waals surface area contributed by atoms with Crippen LogP contribution < -0.4 is 9.04 Å². The van der Waals surface area contributed by atoms with Gasteiger partial charge in [-0.15, -0.1) is 0 Å². The minimum absolute atomic E-state index is 0.0880. The minimum atomic E-state index is -3.68. The van der Waals surface area contributed by atoms with Gasteiger partial charge in [0, 0.05) is 0 Å². The molecule has 0 aromatic heterocycles. The second kappa shape index (κ2) is 6.32. The highest BCUT2D eigenvalue weighted by Crippen LogP contribution is 2.36. The van der Waals surface area contributed by atoms with Crippen molar-refractivity contribution in [2.24, 2.45) is 0 Å². The third kappa shape index (κ3) is 2.96. The van der Waals surface area contributed by atoms with Crippen LogP contribution in [0.25, 0.3) is 0 Å². The van der Waals surface area contributed by atoms with Crippen LogP contribution in [0, 0.1) is 0 Å². The first kappa shape index (κ1) is 15.6. The minimum Gasteiger partial charge on any atom is -0.484 e. The molecular weight excluding hydrogens is 290 g/mol. The highest BCUT2D eigenvalue weighted by molar-refractivity contribution is 7.96. The van der Waals surface area contributed by atoms with Crippen molar-refractivity contribution in [2.45, 2.75) is 20.0 Å². The van der Waals surface area contributed by atoms with E-state index >= 15 is 0 Å². The number of aliphatic hydroxyl groups excluding tert-OH is 1. The zero-order chi connectivity index (χ0) is 15.5. The Hall–Kier alpha value is -1.79. The molecule has 0 bridgehead atoms. The predicted octanol–water partition coefficient (Wildman–Crippen LogP) is 2.06. The predicted molar refractivity (Wildman–Crippen MR) is 82.8 cm³/mol. The lowest BCUT2D eigenvalue weighted by atomic mass is 10.2. The normalized spacial score (nSPS) is 19.5. The zero-order valence-corrected chi connectivity index (χ0v) is 12.9. The molecule has 1 heterocycles. The van der Waals surface area contributed by atoms with Gasteiger partial charge in [0.15, 0.2) is 0 Å². The standard InChI is InChI=1S/C15H19NO4S/c1-3-7-13(4-2)21(18,19)16-10-12(11-17)20-15-9-6-5-8-14(15)16/h3-9,12,17H,10-11H2,1-2H3/b7-3-,13-4+. The molecule has 6 heteroatoms. The van der Waals surface area contributed by atoms with E-state index in [1.807, 2.05) is 0 Å². The van der Waals surface area contributed by atoms with E-state index in [1.54, 1.807) is 56.3 Å². The first-order valence-corrected chi connectivity index (χ1v) is 8.17. The maximum Gasteiger partial charge on any atom is 0.264 e. The van der Waals surface area contributed by atoms with Gasteiger partial charge in [-0.1, -0.05) is 24.3 Å². The summed E-state index contributed by atoms with van der Waals surface area (Å²) in [6.07, 6.45) is 4.23. The fourth-order valence-electron chi connectivity index (χ4n) is 2.21. The van der Waals surface area contributed by atoms with Crippen molar-refractivity contribution in [3.05, 3.63) is 47.4 Å². The van der Waals surface area contributed by atoms with Crippen molar-refractivity contribution in [2.75, 3.05) is 17.5 Å². The molecule has 1 aliphatic rings. The molecule has 0 radical (unpaired) electrons. The van der Waals surface area contributed by atoms with Gasteiger partial charge in [-0.2, -0.15) is 0 Å². The summed E-state index contributed by atoms with van der Waals surface area (Å²) in [6, 6.07) is 6.93. The average Bonchev–Trinajstić information content (AvgIpc) is 2.51. The van der Waals surface area contributed by atoms with Crippen molar-refractivity contribution < 1.29 is 18.3 Å². The highest BCUT2D eigenvalue weighted by Gasteiger charge is 2.34. The fourth-order valence-corrected chi connectivity index (χ4v) is 3.84. The van der Waals surface area contributed by atoms with E-state index in [1.165, 1.54) is 4.31 Å². The molecule has 1 aromatic rings. The number of hydrogen-bond acceptors (Lipinski definition) is 4. The average molecular weight is 309 g/mol. The maximum absolute atomic E-state index is 12.8. The summed E-state index contributed by atoms with van der Waals surface area (Å²) in [7, 11) is -3.68. The Labute approximate surface area is 125 Å². The molecule has 1 atom stereocenters. The lowest BCUT2D eigenvalue weighted by Gasteiger charge is -2.34. The molecule has 1 unspecified atom stereocenters. The smallest absolute Gasteiger partial charge is 0.264 e. The van der Waals surface area contributed by atoms with Crippen molar-refractivity contribution >= 4 is 15.7 Å². The van der Waals surface area contributed by atoms with Crippen LogP contribution in [-0.4, -0.2) is 32.8 Å². The largest absolute Gasteiger partial charge is 0.484 e. The molecule has 0 aliphatic carbocycles. The molecule has 1 N–H and O–H groups in total. The topological polar surface area (TPSA) is 66.8 Å². The van der Waals surface area contributed by atoms with Crippen LogP contribution in [-0.2, 0) is 10.0 Å². The molecule has 21 heavy (non-hydrogen) atoms. The van der Waals surface area contributed by atoms with Gasteiger partial charge in [-0.25, -0.2) is 8.42 Å². The molecule has 0 spiro atoms. The van der Waals surface area contributed by atoms with Gasteiger partial charge in [0.25, 0.3) is 10.0 Å². The molecule has 114 valence electrons. The highest BCUT2D eigenvalue weighted by atomic mass is 32.2. The number of nitrogens with zero attached hydrogens (tertiary/aromatic N) is 1. The van der Waals surface area contributed by atoms with Gasteiger partial charge in [-0.3, -0.25) is 4.31 Å². The molecule has 1 aromatic carbocycles. The zero-order valence-electron chi connectivity index (χ0n) is 12.1. The van der Waals surface area contributed by atoms with Crippen LogP contribution in [0.5, 0.6) is 5.75 Å². The molecule has 1 aliphatic heterocycles. The molecule has 0 amide bonds. The summed E-state index contributed by atoms with van der Waals surface area (Å²) in [5.74, 6) is 0.460. The Morgan fingerprint density at radius 3 is 2.76 bits per heavy atom. The van der Waals surface area contributed by atoms with Gasteiger partial charge in [0.05, 0.1) is 23.7 Å². The van der Waals surface area contributed by atoms with Gasteiger partial charge in [0.2, 0.25) is 0 Å². The number of para-hydroxylation sites is 2. The van der Waals surface area contributed by atoms with Crippen molar-refractivity contribution in [3.8, 4) is 5.75 Å². The van der Waals surface area contributed by atoms with Gasteiger partial charge in [-0.05, 0) is 32.1 Å². The second-order valence-electron chi connectivity index (χ2n) is 4.62. The summed E-state index contributed by atoms with van der Waals surface area (Å²) >= 11 is 0. The third-order valence-corrected chi connectivity index (χ3v) is 5.10. The van der Waals surface area contributed by atoms with Crippen LogP contribution in [0.15, 0.2) is 47.4 Å². The van der Waals surface area contributed by atoms with E-state index in [0.29, 0.717) is 11.4 Å². The Morgan fingerprint density at radius 1 is 1.43 bits per heavy atom. The number of hydrogen-bond donors (Lipinski definition) is 1. The molecule has 2 rings (SSSR count). The van der Waals surface area contributed by atoms with E-state index in [-0.39, 0.29) is 18.1 Å². The summed E-state index contributed by atoms with van der Waals surface area (Å²) in [5.41, 5.74) is 0.492. The summed E-state index contributed by atoms with van der Waals surface area (Å²) in [6.45, 7) is 3.30. The van der Waals surface area contributed by atoms with E-state index in [0.717, 1.165) is 0 Å². The van der Waals surface area contributed by atoms with E-state index in [2.05, 4.69) is 0 Å². The Morgan fingerprint density at radius 2 is 2.14 bits per heavy atom. The number of benzene rings is 1. The molecule has 0 fully saturated rings. The number of anilines is 1. The molecular formula is C15H19NO4S. The van der Waals surface area contributed by atoms with Crippen LogP contribution in [0.3, 0.4) is 0 Å². The summed E-state index contributed by atoms with van der Waals surface area (Å²) in [4.78, 5) is 0.221. The number of rotatable bonds is 4. The van der Waals surface area contributed by atoms with Crippen molar-refractivity contribution in [3.63, 3.8) is 0 Å². The SMILES string of the molecule is C/C=C\C(=C/C)S(=O)(=O)N1CC(CO)Oc2ccccc21. The van der Waals surface area contributed by atoms with Gasteiger partial charge < -0.3 is 9.84 Å². The number of ether oxygens (including phenoxy) is 1. The first-order valence-electron chi connectivity index (χ1n) is 6.73. The maximum atomic E-state index is 12.8. The van der Waals surface area contributed by atoms with Crippen molar-refractivity contribution in [1.29, 1.82) is 0 Å². The number of sulfonamides is 1. The van der Waals surface area contributed by atoms with Crippen LogP contribution in [0.2, 0.25) is 0 Å². The van der Waals surface area contributed by atoms with Crippen molar-refractivity contribution in [1.82, 2.24) is 0 Å². The Balaban J connectivity index is 2.52. The van der Waals surface area contributed by atoms with Gasteiger partial charge in [0.1, 0.15) is 11.9 Å². The molecule has 0 saturated carbocycles. The monoisotopic (exact) mass is 309 g/mol. The first-order chi connectivity index (χ1) is 10.0. The van der Waals surface area contributed by atoms with Crippen LogP contribution in [0.4, 0.5) is 5.69 Å². The summed E-state index contributed by atoms with van der Waals surface area (Å²) in [5, 5.41) is 9.32. The number of allylic oxidation sites excluding steroid dienone is 3.